The average molecular weight is 505 g/mol. The van der Waals surface area contributed by atoms with Gasteiger partial charge in [-0.25, -0.2) is 8.78 Å². The fraction of sp³-hybridized carbons (Fsp3) is 0.440. The normalized spacial score (nSPS) is 10.3. The fourth-order valence-corrected chi connectivity index (χ4v) is 4.01. The van der Waals surface area contributed by atoms with E-state index in [9.17, 15) is 18.4 Å². The predicted octanol–water partition coefficient (Wildman–Crippen LogP) is 7.60. The first-order chi connectivity index (χ1) is 14.3. The zero-order valence-corrected chi connectivity index (χ0v) is 18.6. The summed E-state index contributed by atoms with van der Waals surface area (Å²) >= 11 is 3.10. The van der Waals surface area contributed by atoms with Gasteiger partial charge in [0, 0.05) is 35.5 Å². The van der Waals surface area contributed by atoms with Gasteiger partial charge in [-0.3, -0.25) is 9.59 Å². The number of aliphatic carboxylic acids is 1. The molecule has 0 radical (unpaired) electrons. The lowest BCUT2D eigenvalue weighted by Crippen LogP contribution is -2.17. The van der Waals surface area contributed by atoms with Crippen LogP contribution in [0.15, 0.2) is 58.3 Å². The van der Waals surface area contributed by atoms with Crippen LogP contribution in [-0.4, -0.2) is 41.6 Å². The Morgan fingerprint density at radius 3 is 1.76 bits per heavy atom. The zero-order chi connectivity index (χ0) is 22.4. The highest BCUT2D eigenvalue weighted by atomic mass is 32.2. The van der Waals surface area contributed by atoms with Gasteiger partial charge in [-0.05, 0) is 67.6 Å². The van der Waals surface area contributed by atoms with Gasteiger partial charge in [0.15, 0.2) is 0 Å². The number of carbonyl (C=O) groups excluding carboxylic acids is 1. The van der Waals surface area contributed by atoms with Gasteiger partial charge in [0.05, 0.1) is 6.10 Å². The predicted molar refractivity (Wildman–Crippen MR) is 137 cm³/mol. The van der Waals surface area contributed by atoms with Crippen LogP contribution in [-0.2, 0) is 14.3 Å². The molecule has 1 atom stereocenters. The maximum atomic E-state index is 12.6. The molecule has 0 saturated carbocycles. The van der Waals surface area contributed by atoms with E-state index in [1.54, 1.807) is 61.8 Å². The molecule has 0 aliphatic rings. The smallest absolute Gasteiger partial charge is 0.303 e. The lowest BCUT2D eigenvalue weighted by molar-refractivity contribution is -0.137. The number of carbonyl (C=O) groups is 2. The lowest BCUT2D eigenvalue weighted by Gasteiger charge is -2.12. The first-order valence-corrected chi connectivity index (χ1v) is 11.3. The molecule has 2 rings (SSSR count). The van der Waals surface area contributed by atoms with Crippen LogP contribution in [0.25, 0.3) is 0 Å². The zero-order valence-electron chi connectivity index (χ0n) is 17.0. The van der Waals surface area contributed by atoms with Gasteiger partial charge in [0.2, 0.25) is 0 Å². The molecule has 0 aromatic heterocycles. The lowest BCUT2D eigenvalue weighted by atomic mass is 10.2. The van der Waals surface area contributed by atoms with Crippen molar-refractivity contribution < 1.29 is 28.2 Å². The van der Waals surface area contributed by atoms with Crippen LogP contribution in [0.3, 0.4) is 0 Å². The third kappa shape index (κ3) is 18.2. The molecule has 33 heavy (non-hydrogen) atoms. The quantitative estimate of drug-likeness (QED) is 0.251. The topological polar surface area (TPSA) is 63.6 Å². The summed E-state index contributed by atoms with van der Waals surface area (Å²) in [5.74, 6) is 0.298. The molecule has 0 spiro atoms. The summed E-state index contributed by atoms with van der Waals surface area (Å²) in [6.45, 7) is 1.55. The molecule has 2 aromatic carbocycles. The second-order valence-electron chi connectivity index (χ2n) is 6.33. The van der Waals surface area contributed by atoms with E-state index >= 15 is 0 Å². The van der Waals surface area contributed by atoms with Crippen molar-refractivity contribution in [2.24, 2.45) is 0 Å². The van der Waals surface area contributed by atoms with Crippen LogP contribution in [0.2, 0.25) is 0 Å². The minimum absolute atomic E-state index is 0. The first kappa shape index (κ1) is 35.7. The van der Waals surface area contributed by atoms with Crippen LogP contribution < -0.4 is 0 Å². The van der Waals surface area contributed by atoms with E-state index in [0.717, 1.165) is 15.5 Å². The van der Waals surface area contributed by atoms with E-state index in [1.165, 1.54) is 24.3 Å². The molecule has 0 aliphatic carbocycles. The van der Waals surface area contributed by atoms with Crippen molar-refractivity contribution in [3.05, 3.63) is 60.2 Å². The van der Waals surface area contributed by atoms with E-state index in [2.05, 4.69) is 0 Å². The molecule has 0 amide bonds. The van der Waals surface area contributed by atoms with Gasteiger partial charge in [-0.2, -0.15) is 0 Å². The standard InChI is InChI=1S/C12H15FO2S.C10H11FO2S.3CH4/c1-9(14)7-11(15-2)8-16-12-5-3-10(13)4-6-12;11-8-3-5-9(6-4-8)14-7-1-2-10(12)13;;;/h3-6,11H,7-8H2,1-2H3;3-6H,1-2,7H2,(H,12,13);3*1H4. The number of Topliss-reactive ketones (excluding diaryl/α,β-unsaturated/α-hetero) is 1. The highest BCUT2D eigenvalue weighted by Gasteiger charge is 2.10. The largest absolute Gasteiger partial charge is 0.481 e. The van der Waals surface area contributed by atoms with Gasteiger partial charge in [0.1, 0.15) is 17.4 Å². The summed E-state index contributed by atoms with van der Waals surface area (Å²) in [5.41, 5.74) is 0. The number of ether oxygens (including phenoxy) is 1. The van der Waals surface area contributed by atoms with Crippen molar-refractivity contribution in [3.8, 4) is 0 Å². The van der Waals surface area contributed by atoms with Crippen molar-refractivity contribution in [1.29, 1.82) is 0 Å². The third-order valence-electron chi connectivity index (χ3n) is 3.72. The molecule has 0 heterocycles. The Morgan fingerprint density at radius 2 is 1.36 bits per heavy atom. The molecule has 8 heteroatoms. The van der Waals surface area contributed by atoms with Gasteiger partial charge >= 0.3 is 5.97 Å². The summed E-state index contributed by atoms with van der Waals surface area (Å²) in [4.78, 5) is 23.1. The third-order valence-corrected chi connectivity index (χ3v) is 5.96. The molecular formula is C25H38F2O4S2. The van der Waals surface area contributed by atoms with Gasteiger partial charge in [-0.1, -0.05) is 22.3 Å². The number of carboxylic acid groups (broad SMARTS) is 1. The minimum Gasteiger partial charge on any atom is -0.481 e. The number of carboxylic acids is 1. The fourth-order valence-electron chi connectivity index (χ4n) is 2.20. The maximum absolute atomic E-state index is 12.6. The molecule has 2 aromatic rings. The summed E-state index contributed by atoms with van der Waals surface area (Å²) in [5, 5.41) is 8.39. The highest BCUT2D eigenvalue weighted by molar-refractivity contribution is 7.99. The number of ketones is 1. The molecule has 0 saturated heterocycles. The van der Waals surface area contributed by atoms with Crippen LogP contribution in [0.5, 0.6) is 0 Å². The number of benzene rings is 2. The summed E-state index contributed by atoms with van der Waals surface area (Å²) in [6, 6.07) is 12.5. The Hall–Kier alpha value is -1.90. The Morgan fingerprint density at radius 1 is 0.909 bits per heavy atom. The molecule has 188 valence electrons. The number of thioether (sulfide) groups is 2. The van der Waals surface area contributed by atoms with Crippen molar-refractivity contribution >= 4 is 35.3 Å². The van der Waals surface area contributed by atoms with E-state index in [-0.39, 0.29) is 52.2 Å². The van der Waals surface area contributed by atoms with Crippen LogP contribution in [0, 0.1) is 11.6 Å². The van der Waals surface area contributed by atoms with Crippen molar-refractivity contribution in [3.63, 3.8) is 0 Å². The van der Waals surface area contributed by atoms with Crippen LogP contribution in [0.4, 0.5) is 8.78 Å². The Bertz CT molecular complexity index is 769. The molecule has 0 bridgehead atoms. The van der Waals surface area contributed by atoms with Crippen molar-refractivity contribution in [2.75, 3.05) is 18.6 Å². The van der Waals surface area contributed by atoms with E-state index in [4.69, 9.17) is 9.84 Å². The second-order valence-corrected chi connectivity index (χ2v) is 8.59. The Kier molecular flexibility index (Phi) is 22.4. The minimum atomic E-state index is -0.773. The summed E-state index contributed by atoms with van der Waals surface area (Å²) in [7, 11) is 1.60. The van der Waals surface area contributed by atoms with Gasteiger partial charge in [-0.15, -0.1) is 23.5 Å². The number of hydrogen-bond donors (Lipinski definition) is 1. The molecule has 0 fully saturated rings. The number of hydrogen-bond acceptors (Lipinski definition) is 5. The number of halogens is 2. The van der Waals surface area contributed by atoms with E-state index in [0.29, 0.717) is 18.6 Å². The second kappa shape index (κ2) is 20.7. The molecule has 1 N–H and O–H groups in total. The first-order valence-electron chi connectivity index (χ1n) is 9.31. The Balaban J connectivity index is -0.000000503. The molecule has 4 nitrogen and oxygen atoms in total. The molecule has 1 unspecified atom stereocenters. The van der Waals surface area contributed by atoms with Crippen LogP contribution in [0.1, 0.15) is 48.5 Å². The monoisotopic (exact) mass is 504 g/mol. The van der Waals surface area contributed by atoms with E-state index < -0.39 is 5.97 Å². The van der Waals surface area contributed by atoms with E-state index in [1.807, 2.05) is 0 Å². The summed E-state index contributed by atoms with van der Waals surface area (Å²) in [6.07, 6.45) is 1.17. The molecule has 0 aliphatic heterocycles. The average Bonchev–Trinajstić information content (AvgIpc) is 2.71. The van der Waals surface area contributed by atoms with Crippen LogP contribution >= 0.6 is 23.5 Å². The maximum Gasteiger partial charge on any atom is 0.303 e. The number of methoxy groups -OCH3 is 1. The number of rotatable bonds is 11. The summed E-state index contributed by atoms with van der Waals surface area (Å²) < 4.78 is 30.3. The molecular weight excluding hydrogens is 466 g/mol. The SMILES string of the molecule is C.C.C.COC(CSc1ccc(F)cc1)CC(C)=O.O=C(O)CCCSc1ccc(F)cc1. The van der Waals surface area contributed by atoms with Gasteiger partial charge in [0.25, 0.3) is 0 Å². The van der Waals surface area contributed by atoms with Crippen molar-refractivity contribution in [1.82, 2.24) is 0 Å². The Labute approximate surface area is 206 Å². The highest BCUT2D eigenvalue weighted by Crippen LogP contribution is 2.21. The van der Waals surface area contributed by atoms with Crippen molar-refractivity contribution in [2.45, 2.75) is 64.4 Å². The van der Waals surface area contributed by atoms with Gasteiger partial charge < -0.3 is 9.84 Å².